The molecule has 0 unspecified atom stereocenters. The SMILES string of the molecule is O=C1O[C@H]2CC[C@H](C(=O)N3CCN(c4ccccc4)CC3)[C@@H]1C2. The fourth-order valence-electron chi connectivity index (χ4n) is 4.11. The molecule has 1 aromatic carbocycles. The van der Waals surface area contributed by atoms with E-state index in [9.17, 15) is 9.59 Å². The Morgan fingerprint density at radius 2 is 1.78 bits per heavy atom. The van der Waals surface area contributed by atoms with Gasteiger partial charge >= 0.3 is 5.97 Å². The molecule has 3 atom stereocenters. The summed E-state index contributed by atoms with van der Waals surface area (Å²) in [4.78, 5) is 29.0. The quantitative estimate of drug-likeness (QED) is 0.779. The van der Waals surface area contributed by atoms with Crippen LogP contribution in [0.1, 0.15) is 19.3 Å². The number of carbonyl (C=O) groups is 2. The smallest absolute Gasteiger partial charge is 0.310 e. The van der Waals surface area contributed by atoms with Crippen LogP contribution < -0.4 is 4.90 Å². The van der Waals surface area contributed by atoms with E-state index >= 15 is 0 Å². The molecule has 2 bridgehead atoms. The zero-order valence-electron chi connectivity index (χ0n) is 13.2. The van der Waals surface area contributed by atoms with E-state index in [4.69, 9.17) is 4.74 Å². The molecule has 1 saturated carbocycles. The van der Waals surface area contributed by atoms with Crippen LogP contribution in [0.25, 0.3) is 0 Å². The van der Waals surface area contributed by atoms with E-state index in [2.05, 4.69) is 17.0 Å². The second-order valence-electron chi connectivity index (χ2n) is 6.73. The predicted molar refractivity (Wildman–Crippen MR) is 85.9 cm³/mol. The van der Waals surface area contributed by atoms with Crippen molar-refractivity contribution in [1.82, 2.24) is 4.90 Å². The molecule has 2 heterocycles. The molecule has 3 aliphatic rings. The van der Waals surface area contributed by atoms with Gasteiger partial charge in [0.05, 0.1) is 11.8 Å². The molecule has 0 N–H and O–H groups in total. The monoisotopic (exact) mass is 314 g/mol. The molecule has 23 heavy (non-hydrogen) atoms. The number of para-hydroxylation sites is 1. The molecule has 2 saturated heterocycles. The normalized spacial score (nSPS) is 30.3. The van der Waals surface area contributed by atoms with Crippen LogP contribution in [0.3, 0.4) is 0 Å². The molecule has 0 aromatic heterocycles. The summed E-state index contributed by atoms with van der Waals surface area (Å²) in [5.41, 5.74) is 1.21. The average Bonchev–Trinajstić information content (AvgIpc) is 2.90. The molecule has 4 rings (SSSR count). The maximum Gasteiger partial charge on any atom is 0.310 e. The van der Waals surface area contributed by atoms with E-state index in [1.165, 1.54) is 5.69 Å². The van der Waals surface area contributed by atoms with Crippen molar-refractivity contribution in [2.75, 3.05) is 31.1 Å². The molecular formula is C18H22N2O3. The van der Waals surface area contributed by atoms with Crippen molar-refractivity contribution in [3.8, 4) is 0 Å². The largest absolute Gasteiger partial charge is 0.462 e. The number of fused-ring (bicyclic) bond motifs is 2. The second kappa shape index (κ2) is 5.87. The number of rotatable bonds is 2. The number of esters is 1. The standard InChI is InChI=1S/C18H22N2O3/c21-17(15-7-6-14-12-16(15)18(22)23-14)20-10-8-19(9-11-20)13-4-2-1-3-5-13/h1-5,14-16H,6-12H2/t14-,15-,16-/m0/s1. The molecule has 0 spiro atoms. The summed E-state index contributed by atoms with van der Waals surface area (Å²) in [5.74, 6) is -0.369. The molecule has 5 heteroatoms. The number of amides is 1. The van der Waals surface area contributed by atoms with Gasteiger partial charge in [0, 0.05) is 31.9 Å². The topological polar surface area (TPSA) is 49.9 Å². The fraction of sp³-hybridized carbons (Fsp3) is 0.556. The summed E-state index contributed by atoms with van der Waals surface area (Å²) >= 11 is 0. The van der Waals surface area contributed by atoms with Gasteiger partial charge < -0.3 is 14.5 Å². The molecule has 0 radical (unpaired) electrons. The lowest BCUT2D eigenvalue weighted by atomic mass is 9.79. The molecule has 2 aliphatic heterocycles. The number of carbonyl (C=O) groups excluding carboxylic acids is 2. The van der Waals surface area contributed by atoms with Gasteiger partial charge in [-0.3, -0.25) is 9.59 Å². The number of hydrogen-bond donors (Lipinski definition) is 0. The van der Waals surface area contributed by atoms with Crippen molar-refractivity contribution >= 4 is 17.6 Å². The third-order valence-electron chi connectivity index (χ3n) is 5.42. The van der Waals surface area contributed by atoms with Crippen molar-refractivity contribution in [3.05, 3.63) is 30.3 Å². The lowest BCUT2D eigenvalue weighted by Crippen LogP contribution is -2.51. The number of ether oxygens (including phenoxy) is 1. The summed E-state index contributed by atoms with van der Waals surface area (Å²) < 4.78 is 5.31. The van der Waals surface area contributed by atoms with Gasteiger partial charge in [-0.05, 0) is 31.4 Å². The first-order valence-electron chi connectivity index (χ1n) is 8.51. The molecule has 3 fully saturated rings. The summed E-state index contributed by atoms with van der Waals surface area (Å²) in [7, 11) is 0. The number of piperazine rings is 1. The maximum atomic E-state index is 12.8. The average molecular weight is 314 g/mol. The second-order valence-corrected chi connectivity index (χ2v) is 6.73. The van der Waals surface area contributed by atoms with Crippen molar-refractivity contribution < 1.29 is 14.3 Å². The highest BCUT2D eigenvalue weighted by molar-refractivity contribution is 5.87. The van der Waals surface area contributed by atoms with Crippen molar-refractivity contribution in [2.45, 2.75) is 25.4 Å². The highest BCUT2D eigenvalue weighted by atomic mass is 16.6. The Hall–Kier alpha value is -2.04. The summed E-state index contributed by atoms with van der Waals surface area (Å²) in [6, 6.07) is 10.3. The van der Waals surface area contributed by atoms with Crippen LogP contribution in [-0.4, -0.2) is 49.1 Å². The van der Waals surface area contributed by atoms with Gasteiger partial charge in [0.15, 0.2) is 0 Å². The summed E-state index contributed by atoms with van der Waals surface area (Å²) in [6.45, 7) is 3.16. The van der Waals surface area contributed by atoms with E-state index in [0.29, 0.717) is 0 Å². The van der Waals surface area contributed by atoms with Gasteiger partial charge in [0.25, 0.3) is 0 Å². The Labute approximate surface area is 136 Å². The first-order chi connectivity index (χ1) is 11.2. The number of benzene rings is 1. The summed E-state index contributed by atoms with van der Waals surface area (Å²) in [5, 5.41) is 0. The Kier molecular flexibility index (Phi) is 3.71. The Morgan fingerprint density at radius 1 is 1.04 bits per heavy atom. The zero-order chi connectivity index (χ0) is 15.8. The third-order valence-corrected chi connectivity index (χ3v) is 5.42. The Morgan fingerprint density at radius 3 is 2.52 bits per heavy atom. The third kappa shape index (κ3) is 2.69. The van der Waals surface area contributed by atoms with Crippen LogP contribution in [0.2, 0.25) is 0 Å². The highest BCUT2D eigenvalue weighted by Crippen LogP contribution is 2.39. The van der Waals surface area contributed by atoms with Gasteiger partial charge in [0.1, 0.15) is 6.10 Å². The number of nitrogens with zero attached hydrogens (tertiary/aromatic N) is 2. The minimum atomic E-state index is -0.201. The molecular weight excluding hydrogens is 292 g/mol. The Balaban J connectivity index is 1.38. The van der Waals surface area contributed by atoms with Crippen LogP contribution in [0.5, 0.6) is 0 Å². The molecule has 122 valence electrons. The van der Waals surface area contributed by atoms with Gasteiger partial charge in [-0.1, -0.05) is 18.2 Å². The van der Waals surface area contributed by atoms with Crippen LogP contribution in [-0.2, 0) is 14.3 Å². The number of hydrogen-bond acceptors (Lipinski definition) is 4. The van der Waals surface area contributed by atoms with Crippen LogP contribution in [0, 0.1) is 11.8 Å². The molecule has 5 nitrogen and oxygen atoms in total. The van der Waals surface area contributed by atoms with Crippen molar-refractivity contribution in [2.24, 2.45) is 11.8 Å². The van der Waals surface area contributed by atoms with Gasteiger partial charge in [-0.25, -0.2) is 0 Å². The van der Waals surface area contributed by atoms with Crippen molar-refractivity contribution in [1.29, 1.82) is 0 Å². The first-order valence-corrected chi connectivity index (χ1v) is 8.51. The van der Waals surface area contributed by atoms with Crippen LogP contribution in [0.15, 0.2) is 30.3 Å². The first kappa shape index (κ1) is 14.5. The van der Waals surface area contributed by atoms with E-state index in [1.807, 2.05) is 23.1 Å². The van der Waals surface area contributed by atoms with Gasteiger partial charge in [0.2, 0.25) is 5.91 Å². The summed E-state index contributed by atoms with van der Waals surface area (Å²) in [6.07, 6.45) is 2.42. The minimum Gasteiger partial charge on any atom is -0.462 e. The lowest BCUT2D eigenvalue weighted by molar-refractivity contribution is -0.148. The van der Waals surface area contributed by atoms with E-state index in [-0.39, 0.29) is 29.8 Å². The van der Waals surface area contributed by atoms with E-state index < -0.39 is 0 Å². The molecule has 1 aromatic rings. The lowest BCUT2D eigenvalue weighted by Gasteiger charge is -2.38. The molecule has 1 amide bonds. The zero-order valence-corrected chi connectivity index (χ0v) is 13.2. The maximum absolute atomic E-state index is 12.8. The van der Waals surface area contributed by atoms with Gasteiger partial charge in [-0.2, -0.15) is 0 Å². The van der Waals surface area contributed by atoms with Gasteiger partial charge in [-0.15, -0.1) is 0 Å². The van der Waals surface area contributed by atoms with E-state index in [0.717, 1.165) is 45.4 Å². The molecule has 1 aliphatic carbocycles. The van der Waals surface area contributed by atoms with Crippen molar-refractivity contribution in [3.63, 3.8) is 0 Å². The highest BCUT2D eigenvalue weighted by Gasteiger charge is 2.47. The fourth-order valence-corrected chi connectivity index (χ4v) is 4.11. The van der Waals surface area contributed by atoms with E-state index in [1.54, 1.807) is 0 Å². The number of anilines is 1. The minimum absolute atomic E-state index is 0.0616. The van der Waals surface area contributed by atoms with Crippen LogP contribution in [0.4, 0.5) is 5.69 Å². The Bertz CT molecular complexity index is 596. The predicted octanol–water partition coefficient (Wildman–Crippen LogP) is 1.68. The van der Waals surface area contributed by atoms with Crippen LogP contribution >= 0.6 is 0 Å².